The van der Waals surface area contributed by atoms with Gasteiger partial charge in [-0.1, -0.05) is 32.0 Å². The van der Waals surface area contributed by atoms with Gasteiger partial charge >= 0.3 is 11.4 Å². The maximum atomic E-state index is 10.2. The molecule has 5 heteroatoms. The Hall–Kier alpha value is -1.55. The number of halogens is 1. The second-order valence-electron chi connectivity index (χ2n) is 3.30. The lowest BCUT2D eigenvalue weighted by Crippen LogP contribution is -2.06. The van der Waals surface area contributed by atoms with Crippen LogP contribution in [0.5, 0.6) is 5.75 Å². The molecule has 1 atom stereocenters. The fourth-order valence-electron chi connectivity index (χ4n) is 0.756. The number of carboxylic acid groups (broad SMARTS) is 1. The Morgan fingerprint density at radius 1 is 1.35 bits per heavy atom. The zero-order valence-corrected chi connectivity index (χ0v) is 10.5. The van der Waals surface area contributed by atoms with Crippen molar-refractivity contribution in [2.75, 3.05) is 0 Å². The number of para-hydroxylation sites is 1. The topological polar surface area (TPSA) is 63.6 Å². The molecule has 0 radical (unpaired) electrons. The largest absolute Gasteiger partial charge is 0.481 e. The van der Waals surface area contributed by atoms with Crippen LogP contribution < -0.4 is 4.74 Å². The molecular formula is C12H15ClO4. The van der Waals surface area contributed by atoms with Crippen LogP contribution in [0.1, 0.15) is 20.3 Å². The number of benzene rings is 1. The summed E-state index contributed by atoms with van der Waals surface area (Å²) in [4.78, 5) is 20.1. The van der Waals surface area contributed by atoms with Crippen LogP contribution >= 0.6 is 11.6 Å². The molecule has 0 aromatic heterocycles. The smallest absolute Gasteiger partial charge is 0.409 e. The average Bonchev–Trinajstić information content (AvgIpc) is 2.29. The number of aliphatic carboxylic acids is 1. The highest BCUT2D eigenvalue weighted by Crippen LogP contribution is 2.09. The van der Waals surface area contributed by atoms with E-state index in [0.29, 0.717) is 5.75 Å². The number of ether oxygens (including phenoxy) is 1. The van der Waals surface area contributed by atoms with Gasteiger partial charge in [-0.3, -0.25) is 4.79 Å². The monoisotopic (exact) mass is 258 g/mol. The first-order chi connectivity index (χ1) is 7.97. The highest BCUT2D eigenvalue weighted by Gasteiger charge is 2.05. The Morgan fingerprint density at radius 3 is 2.18 bits per heavy atom. The Kier molecular flexibility index (Phi) is 7.80. The standard InChI is InChI=1S/C7H5ClO2.C5H10O2/c8-7(9)10-6-4-2-1-3-5-6;1-3-4(2)5(6)7/h1-5H;4H,3H2,1-2H3,(H,6,7). The average molecular weight is 259 g/mol. The number of carboxylic acids is 1. The van der Waals surface area contributed by atoms with Crippen molar-refractivity contribution in [3.8, 4) is 5.75 Å². The van der Waals surface area contributed by atoms with Crippen LogP contribution in [0.3, 0.4) is 0 Å². The molecule has 1 N–H and O–H groups in total. The maximum Gasteiger partial charge on any atom is 0.409 e. The Balaban J connectivity index is 0.000000325. The minimum Gasteiger partial charge on any atom is -0.481 e. The van der Waals surface area contributed by atoms with Crippen LogP contribution in [0.2, 0.25) is 0 Å². The van der Waals surface area contributed by atoms with Crippen molar-refractivity contribution < 1.29 is 19.4 Å². The van der Waals surface area contributed by atoms with Gasteiger partial charge in [0.15, 0.2) is 0 Å². The van der Waals surface area contributed by atoms with Gasteiger partial charge in [0.25, 0.3) is 0 Å². The molecule has 0 heterocycles. The molecule has 0 amide bonds. The summed E-state index contributed by atoms with van der Waals surface area (Å²) in [7, 11) is 0. The van der Waals surface area contributed by atoms with E-state index in [2.05, 4.69) is 4.74 Å². The predicted molar refractivity (Wildman–Crippen MR) is 65.4 cm³/mol. The lowest BCUT2D eigenvalue weighted by atomic mass is 10.1. The lowest BCUT2D eigenvalue weighted by Gasteiger charge is -1.96. The minimum absolute atomic E-state index is 0.181. The third-order valence-electron chi connectivity index (χ3n) is 1.98. The molecule has 0 aliphatic heterocycles. The molecule has 0 aliphatic rings. The van der Waals surface area contributed by atoms with Crippen molar-refractivity contribution in [2.24, 2.45) is 5.92 Å². The van der Waals surface area contributed by atoms with Crippen LogP contribution in [-0.4, -0.2) is 16.5 Å². The lowest BCUT2D eigenvalue weighted by molar-refractivity contribution is -0.141. The van der Waals surface area contributed by atoms with E-state index in [4.69, 9.17) is 16.7 Å². The molecule has 0 spiro atoms. The van der Waals surface area contributed by atoms with E-state index in [1.54, 1.807) is 31.2 Å². The number of rotatable bonds is 3. The van der Waals surface area contributed by atoms with E-state index in [0.717, 1.165) is 6.42 Å². The summed E-state index contributed by atoms with van der Waals surface area (Å²) in [5, 5.41) is 8.18. The van der Waals surface area contributed by atoms with Crippen LogP contribution in [-0.2, 0) is 4.79 Å². The van der Waals surface area contributed by atoms with Gasteiger partial charge in [0.1, 0.15) is 5.75 Å². The molecule has 94 valence electrons. The zero-order chi connectivity index (χ0) is 13.3. The first kappa shape index (κ1) is 15.4. The first-order valence-electron chi connectivity index (χ1n) is 5.12. The van der Waals surface area contributed by atoms with E-state index >= 15 is 0 Å². The van der Waals surface area contributed by atoms with Gasteiger partial charge in [-0.2, -0.15) is 0 Å². The minimum atomic E-state index is -0.814. The van der Waals surface area contributed by atoms with Gasteiger partial charge in [0.2, 0.25) is 0 Å². The Bertz CT molecular complexity index is 351. The van der Waals surface area contributed by atoms with Gasteiger partial charge in [-0.25, -0.2) is 4.79 Å². The molecular weight excluding hydrogens is 244 g/mol. The third-order valence-corrected chi connectivity index (χ3v) is 2.05. The van der Waals surface area contributed by atoms with Crippen molar-refractivity contribution in [1.82, 2.24) is 0 Å². The molecule has 0 bridgehead atoms. The summed E-state index contributed by atoms with van der Waals surface area (Å²) >= 11 is 4.95. The molecule has 0 saturated heterocycles. The SMILES string of the molecule is CCC(C)C(=O)O.O=C(Cl)Oc1ccccc1. The van der Waals surface area contributed by atoms with E-state index in [-0.39, 0.29) is 5.92 Å². The van der Waals surface area contributed by atoms with Crippen LogP contribution in [0.15, 0.2) is 30.3 Å². The van der Waals surface area contributed by atoms with Gasteiger partial charge in [-0.05, 0) is 18.6 Å². The Labute approximate surface area is 105 Å². The van der Waals surface area contributed by atoms with E-state index in [1.165, 1.54) is 0 Å². The predicted octanol–water partition coefficient (Wildman–Crippen LogP) is 3.54. The molecule has 0 aliphatic carbocycles. The van der Waals surface area contributed by atoms with Crippen molar-refractivity contribution >= 4 is 23.0 Å². The van der Waals surface area contributed by atoms with Gasteiger partial charge in [0, 0.05) is 11.6 Å². The number of carbonyl (C=O) groups is 2. The van der Waals surface area contributed by atoms with Gasteiger partial charge in [0.05, 0.1) is 5.92 Å². The number of hydrogen-bond acceptors (Lipinski definition) is 3. The highest BCUT2D eigenvalue weighted by atomic mass is 35.5. The fraction of sp³-hybridized carbons (Fsp3) is 0.333. The zero-order valence-electron chi connectivity index (χ0n) is 9.72. The normalized spacial score (nSPS) is 10.8. The molecule has 17 heavy (non-hydrogen) atoms. The van der Waals surface area contributed by atoms with Crippen LogP contribution in [0.25, 0.3) is 0 Å². The molecule has 0 saturated carbocycles. The summed E-state index contributed by atoms with van der Waals surface area (Å²) in [6.07, 6.45) is 0.718. The van der Waals surface area contributed by atoms with Crippen molar-refractivity contribution in [1.29, 1.82) is 0 Å². The van der Waals surface area contributed by atoms with Crippen molar-refractivity contribution in [3.05, 3.63) is 30.3 Å². The number of hydrogen-bond donors (Lipinski definition) is 1. The molecule has 1 aromatic rings. The van der Waals surface area contributed by atoms with Crippen LogP contribution in [0, 0.1) is 5.92 Å². The van der Waals surface area contributed by atoms with Crippen LogP contribution in [0.4, 0.5) is 4.79 Å². The van der Waals surface area contributed by atoms with Gasteiger partial charge in [-0.15, -0.1) is 0 Å². The van der Waals surface area contributed by atoms with Crippen molar-refractivity contribution in [2.45, 2.75) is 20.3 Å². The first-order valence-corrected chi connectivity index (χ1v) is 5.50. The summed E-state index contributed by atoms with van der Waals surface area (Å²) in [5.41, 5.74) is -0.814. The summed E-state index contributed by atoms with van der Waals surface area (Å²) in [6, 6.07) is 8.65. The summed E-state index contributed by atoms with van der Waals surface area (Å²) < 4.78 is 4.54. The fourth-order valence-corrected chi connectivity index (χ4v) is 0.845. The molecule has 1 unspecified atom stereocenters. The summed E-state index contributed by atoms with van der Waals surface area (Å²) in [5.74, 6) is -0.426. The second kappa shape index (κ2) is 8.58. The molecule has 1 rings (SSSR count). The van der Waals surface area contributed by atoms with E-state index in [9.17, 15) is 9.59 Å². The summed E-state index contributed by atoms with van der Waals surface area (Å²) in [6.45, 7) is 3.56. The van der Waals surface area contributed by atoms with E-state index < -0.39 is 11.4 Å². The quantitative estimate of drug-likeness (QED) is 0.842. The highest BCUT2D eigenvalue weighted by molar-refractivity contribution is 6.61. The molecule has 1 aromatic carbocycles. The molecule has 0 fully saturated rings. The van der Waals surface area contributed by atoms with E-state index in [1.807, 2.05) is 13.0 Å². The maximum absolute atomic E-state index is 10.2. The second-order valence-corrected chi connectivity index (χ2v) is 3.61. The van der Waals surface area contributed by atoms with Gasteiger partial charge < -0.3 is 9.84 Å². The van der Waals surface area contributed by atoms with Crippen molar-refractivity contribution in [3.63, 3.8) is 0 Å². The molecule has 4 nitrogen and oxygen atoms in total. The number of carbonyl (C=O) groups excluding carboxylic acids is 1. The third kappa shape index (κ3) is 8.28. The Morgan fingerprint density at radius 2 is 1.88 bits per heavy atom.